The molecule has 114 valence electrons. The first-order valence-electron chi connectivity index (χ1n) is 7.60. The molecule has 1 aromatic heterocycles. The maximum absolute atomic E-state index is 12.5. The fraction of sp³-hybridized carbons (Fsp3) is 0.529. The first kappa shape index (κ1) is 17.2. The van der Waals surface area contributed by atoms with Gasteiger partial charge in [0.2, 0.25) is 0 Å². The summed E-state index contributed by atoms with van der Waals surface area (Å²) in [5, 5.41) is 0. The summed E-state index contributed by atoms with van der Waals surface area (Å²) in [5.41, 5.74) is 6.58. The Labute approximate surface area is 127 Å². The number of aromatic nitrogens is 1. The molecule has 0 aromatic carbocycles. The van der Waals surface area contributed by atoms with Gasteiger partial charge < -0.3 is 10.6 Å². The van der Waals surface area contributed by atoms with Crippen LogP contribution in [-0.4, -0.2) is 35.4 Å². The second-order valence-electron chi connectivity index (χ2n) is 4.96. The number of pyridine rings is 1. The lowest BCUT2D eigenvalue weighted by molar-refractivity contribution is 0.0729. The minimum absolute atomic E-state index is 0.0114. The van der Waals surface area contributed by atoms with E-state index in [1.54, 1.807) is 12.3 Å². The summed E-state index contributed by atoms with van der Waals surface area (Å²) < 4.78 is 0. The van der Waals surface area contributed by atoms with Gasteiger partial charge in [0, 0.05) is 24.8 Å². The highest BCUT2D eigenvalue weighted by Crippen LogP contribution is 2.12. The van der Waals surface area contributed by atoms with Crippen molar-refractivity contribution in [2.45, 2.75) is 33.6 Å². The Morgan fingerprint density at radius 3 is 2.52 bits per heavy atom. The van der Waals surface area contributed by atoms with Crippen LogP contribution in [0, 0.1) is 17.8 Å². The van der Waals surface area contributed by atoms with Gasteiger partial charge >= 0.3 is 0 Å². The smallest absolute Gasteiger partial charge is 0.272 e. The highest BCUT2D eigenvalue weighted by molar-refractivity contribution is 5.92. The Hall–Kier alpha value is -1.86. The van der Waals surface area contributed by atoms with E-state index in [2.05, 4.69) is 30.7 Å². The van der Waals surface area contributed by atoms with Crippen molar-refractivity contribution in [3.63, 3.8) is 0 Å². The van der Waals surface area contributed by atoms with Crippen LogP contribution in [0.15, 0.2) is 18.3 Å². The van der Waals surface area contributed by atoms with Crippen LogP contribution < -0.4 is 5.73 Å². The molecule has 0 spiro atoms. The lowest BCUT2D eigenvalue weighted by Crippen LogP contribution is -2.35. The maximum atomic E-state index is 12.5. The van der Waals surface area contributed by atoms with Crippen molar-refractivity contribution in [2.24, 2.45) is 11.7 Å². The normalized spacial score (nSPS) is 10.1. The summed E-state index contributed by atoms with van der Waals surface area (Å²) in [6.45, 7) is 8.14. The summed E-state index contributed by atoms with van der Waals surface area (Å²) >= 11 is 0. The van der Waals surface area contributed by atoms with E-state index in [0.29, 0.717) is 24.7 Å². The van der Waals surface area contributed by atoms with E-state index in [9.17, 15) is 4.79 Å². The Bertz CT molecular complexity index is 495. The average Bonchev–Trinajstić information content (AvgIpc) is 2.54. The lowest BCUT2D eigenvalue weighted by atomic mass is 10.0. The van der Waals surface area contributed by atoms with E-state index in [4.69, 9.17) is 5.73 Å². The Morgan fingerprint density at radius 2 is 2.05 bits per heavy atom. The summed E-state index contributed by atoms with van der Waals surface area (Å²) in [4.78, 5) is 18.6. The number of rotatable bonds is 6. The summed E-state index contributed by atoms with van der Waals surface area (Å²) in [7, 11) is 0. The summed E-state index contributed by atoms with van der Waals surface area (Å²) in [5.74, 6) is 6.21. The van der Waals surface area contributed by atoms with E-state index in [-0.39, 0.29) is 5.91 Å². The second-order valence-corrected chi connectivity index (χ2v) is 4.96. The fourth-order valence-corrected chi connectivity index (χ4v) is 2.12. The third-order valence-corrected chi connectivity index (χ3v) is 3.62. The molecule has 0 atom stereocenters. The molecular formula is C17H25N3O. The van der Waals surface area contributed by atoms with Gasteiger partial charge in [-0.2, -0.15) is 0 Å². The second kappa shape index (κ2) is 9.15. The van der Waals surface area contributed by atoms with Crippen molar-refractivity contribution in [3.8, 4) is 11.8 Å². The molecule has 1 rings (SSSR count). The van der Waals surface area contributed by atoms with Crippen molar-refractivity contribution >= 4 is 5.91 Å². The zero-order valence-electron chi connectivity index (χ0n) is 13.2. The first-order chi connectivity index (χ1) is 10.2. The van der Waals surface area contributed by atoms with Crippen LogP contribution in [-0.2, 0) is 0 Å². The summed E-state index contributed by atoms with van der Waals surface area (Å²) in [6, 6.07) is 3.55. The van der Waals surface area contributed by atoms with Crippen molar-refractivity contribution in [1.29, 1.82) is 0 Å². The molecule has 0 aliphatic rings. The molecule has 0 saturated heterocycles. The number of hydrogen-bond acceptors (Lipinski definition) is 3. The Kier molecular flexibility index (Phi) is 7.49. The van der Waals surface area contributed by atoms with Crippen LogP contribution in [0.25, 0.3) is 0 Å². The van der Waals surface area contributed by atoms with Gasteiger partial charge in [-0.15, -0.1) is 0 Å². The number of nitrogens with two attached hydrogens (primary N) is 1. The number of carbonyl (C=O) groups is 1. The molecule has 0 unspecified atom stereocenters. The molecule has 0 fully saturated rings. The van der Waals surface area contributed by atoms with Gasteiger partial charge in [-0.25, -0.2) is 4.98 Å². The molecule has 21 heavy (non-hydrogen) atoms. The highest BCUT2D eigenvalue weighted by Gasteiger charge is 2.18. The van der Waals surface area contributed by atoms with Gasteiger partial charge in [-0.3, -0.25) is 4.79 Å². The highest BCUT2D eigenvalue weighted by atomic mass is 16.2. The Morgan fingerprint density at radius 1 is 1.33 bits per heavy atom. The molecular weight excluding hydrogens is 262 g/mol. The summed E-state index contributed by atoms with van der Waals surface area (Å²) in [6.07, 6.45) is 3.80. The van der Waals surface area contributed by atoms with Gasteiger partial charge in [0.05, 0.1) is 6.54 Å². The molecule has 1 amide bonds. The van der Waals surface area contributed by atoms with Gasteiger partial charge in [0.25, 0.3) is 5.91 Å². The predicted octanol–water partition coefficient (Wildman–Crippen LogP) is 2.29. The van der Waals surface area contributed by atoms with Crippen LogP contribution in [0.4, 0.5) is 0 Å². The topological polar surface area (TPSA) is 59.2 Å². The number of carbonyl (C=O) groups excluding carboxylic acids is 1. The van der Waals surface area contributed by atoms with Gasteiger partial charge in [0.15, 0.2) is 0 Å². The van der Waals surface area contributed by atoms with Gasteiger partial charge in [-0.1, -0.05) is 38.5 Å². The number of nitrogens with zero attached hydrogens (tertiary/aromatic N) is 2. The molecule has 1 aromatic rings. The average molecular weight is 287 g/mol. The molecule has 0 aliphatic heterocycles. The minimum Gasteiger partial charge on any atom is -0.337 e. The van der Waals surface area contributed by atoms with Crippen LogP contribution in [0.2, 0.25) is 0 Å². The van der Waals surface area contributed by atoms with E-state index < -0.39 is 0 Å². The molecule has 4 heteroatoms. The van der Waals surface area contributed by atoms with Crippen LogP contribution in [0.1, 0.15) is 49.7 Å². The predicted molar refractivity (Wildman–Crippen MR) is 85.8 cm³/mol. The van der Waals surface area contributed by atoms with E-state index in [1.165, 1.54) is 0 Å². The molecule has 0 saturated carbocycles. The van der Waals surface area contributed by atoms with Crippen molar-refractivity contribution in [2.75, 3.05) is 19.6 Å². The van der Waals surface area contributed by atoms with Crippen LogP contribution in [0.3, 0.4) is 0 Å². The zero-order chi connectivity index (χ0) is 15.7. The molecule has 1 heterocycles. The van der Waals surface area contributed by atoms with E-state index in [0.717, 1.165) is 24.9 Å². The molecule has 2 N–H and O–H groups in total. The lowest BCUT2D eigenvalue weighted by Gasteiger charge is -2.25. The quantitative estimate of drug-likeness (QED) is 0.817. The first-order valence-corrected chi connectivity index (χ1v) is 7.60. The monoisotopic (exact) mass is 287 g/mol. The standard InChI is InChI=1S/C17H25N3O/c1-4-14(5-2)13-20(6-3)17(21)16-10-9-15(12-19-16)8-7-11-18/h9-10,12,14H,4-6,11,13,18H2,1-3H3. The molecule has 0 bridgehead atoms. The Balaban J connectivity index is 2.80. The molecule has 0 aliphatic carbocycles. The van der Waals surface area contributed by atoms with Crippen molar-refractivity contribution in [1.82, 2.24) is 9.88 Å². The van der Waals surface area contributed by atoms with E-state index >= 15 is 0 Å². The van der Waals surface area contributed by atoms with E-state index in [1.807, 2.05) is 17.9 Å². The SMILES string of the molecule is CCC(CC)CN(CC)C(=O)c1ccc(C#CCN)cn1. The van der Waals surface area contributed by atoms with Crippen molar-refractivity contribution in [3.05, 3.63) is 29.6 Å². The third-order valence-electron chi connectivity index (χ3n) is 3.62. The zero-order valence-corrected chi connectivity index (χ0v) is 13.2. The van der Waals surface area contributed by atoms with Crippen LogP contribution in [0.5, 0.6) is 0 Å². The molecule has 0 radical (unpaired) electrons. The number of amides is 1. The number of hydrogen-bond donors (Lipinski definition) is 1. The van der Waals surface area contributed by atoms with Crippen LogP contribution >= 0.6 is 0 Å². The van der Waals surface area contributed by atoms with Gasteiger partial charge in [0.1, 0.15) is 5.69 Å². The van der Waals surface area contributed by atoms with Gasteiger partial charge in [-0.05, 0) is 25.0 Å². The van der Waals surface area contributed by atoms with Crippen molar-refractivity contribution < 1.29 is 4.79 Å². The fourth-order valence-electron chi connectivity index (χ4n) is 2.12. The third kappa shape index (κ3) is 5.20. The maximum Gasteiger partial charge on any atom is 0.272 e. The largest absolute Gasteiger partial charge is 0.337 e. The molecule has 4 nitrogen and oxygen atoms in total. The minimum atomic E-state index is -0.0114.